The van der Waals surface area contributed by atoms with Crippen LogP contribution in [0.5, 0.6) is 0 Å². The van der Waals surface area contributed by atoms with Crippen LogP contribution in [0.25, 0.3) is 0 Å². The number of hydrogen-bond donors (Lipinski definition) is 1. The summed E-state index contributed by atoms with van der Waals surface area (Å²) in [4.78, 5) is 0. The molecule has 1 aromatic carbocycles. The topological polar surface area (TPSA) is 20.2 Å². The van der Waals surface area contributed by atoms with Crippen molar-refractivity contribution < 1.29 is 9.50 Å². The van der Waals surface area contributed by atoms with E-state index in [1.807, 2.05) is 0 Å². The smallest absolute Gasteiger partial charge is 0.130 e. The highest BCUT2D eigenvalue weighted by molar-refractivity contribution is 9.10. The minimum absolute atomic E-state index is 0.326. The molecule has 1 N–H and O–H groups in total. The molecule has 0 aliphatic heterocycles. The molecule has 1 nitrogen and oxygen atoms in total. The van der Waals surface area contributed by atoms with Crippen LogP contribution in [-0.2, 0) is 0 Å². The molecule has 1 aliphatic rings. The molecule has 1 fully saturated rings. The molecule has 2 rings (SSSR count). The summed E-state index contributed by atoms with van der Waals surface area (Å²) in [6.45, 7) is 0. The molecule has 0 bridgehead atoms. The Labute approximate surface area is 97.4 Å². The molecule has 0 radical (unpaired) electrons. The van der Waals surface area contributed by atoms with Gasteiger partial charge in [0.1, 0.15) is 5.82 Å². The lowest BCUT2D eigenvalue weighted by atomic mass is 10.0. The van der Waals surface area contributed by atoms with Crippen molar-refractivity contribution in [2.24, 2.45) is 5.92 Å². The summed E-state index contributed by atoms with van der Waals surface area (Å²) in [6.07, 6.45) is 3.52. The second-order valence-corrected chi connectivity index (χ2v) is 5.03. The highest BCUT2D eigenvalue weighted by Gasteiger charge is 2.24. The Morgan fingerprint density at radius 2 is 2.20 bits per heavy atom. The zero-order valence-electron chi connectivity index (χ0n) is 8.42. The van der Waals surface area contributed by atoms with E-state index < -0.39 is 6.10 Å². The summed E-state index contributed by atoms with van der Waals surface area (Å²) in [5, 5.41) is 9.89. The standard InChI is InChI=1S/C12H14BrFO/c13-9-2-1-3-10(14)12(9)11(15)7-6-8-4-5-8/h1-3,8,11,15H,4-7H2. The SMILES string of the molecule is OC(CCC1CC1)c1c(F)cccc1Br. The maximum atomic E-state index is 13.5. The van der Waals surface area contributed by atoms with Crippen molar-refractivity contribution >= 4 is 15.9 Å². The van der Waals surface area contributed by atoms with Crippen LogP contribution in [0.4, 0.5) is 4.39 Å². The number of aliphatic hydroxyl groups excluding tert-OH is 1. The van der Waals surface area contributed by atoms with Crippen LogP contribution in [0.15, 0.2) is 22.7 Å². The molecule has 1 unspecified atom stereocenters. The Bertz CT molecular complexity index is 329. The summed E-state index contributed by atoms with van der Waals surface area (Å²) in [5.41, 5.74) is 0.401. The maximum Gasteiger partial charge on any atom is 0.130 e. The van der Waals surface area contributed by atoms with Gasteiger partial charge in [0.25, 0.3) is 0 Å². The zero-order valence-corrected chi connectivity index (χ0v) is 10.0. The van der Waals surface area contributed by atoms with Crippen LogP contribution in [0.2, 0.25) is 0 Å². The van der Waals surface area contributed by atoms with E-state index in [0.717, 1.165) is 12.3 Å². The summed E-state index contributed by atoms with van der Waals surface area (Å²) in [6, 6.07) is 4.79. The molecule has 0 heterocycles. The Kier molecular flexibility index (Phi) is 3.42. The number of halogens is 2. The molecular weight excluding hydrogens is 259 g/mol. The van der Waals surface area contributed by atoms with E-state index in [-0.39, 0.29) is 5.82 Å². The van der Waals surface area contributed by atoms with Gasteiger partial charge >= 0.3 is 0 Å². The average molecular weight is 273 g/mol. The molecule has 1 atom stereocenters. The van der Waals surface area contributed by atoms with Gasteiger partial charge in [-0.1, -0.05) is 34.8 Å². The van der Waals surface area contributed by atoms with Crippen LogP contribution in [0, 0.1) is 11.7 Å². The van der Waals surface area contributed by atoms with Crippen LogP contribution in [0.1, 0.15) is 37.4 Å². The molecule has 1 saturated carbocycles. The first-order valence-electron chi connectivity index (χ1n) is 5.30. The van der Waals surface area contributed by atoms with Gasteiger partial charge in [0.05, 0.1) is 6.10 Å². The minimum Gasteiger partial charge on any atom is -0.388 e. The fraction of sp³-hybridized carbons (Fsp3) is 0.500. The second-order valence-electron chi connectivity index (χ2n) is 4.17. The van der Waals surface area contributed by atoms with Crippen molar-refractivity contribution in [2.75, 3.05) is 0 Å². The van der Waals surface area contributed by atoms with Crippen molar-refractivity contribution in [3.8, 4) is 0 Å². The van der Waals surface area contributed by atoms with E-state index in [1.54, 1.807) is 12.1 Å². The predicted molar refractivity (Wildman–Crippen MR) is 61.0 cm³/mol. The van der Waals surface area contributed by atoms with Gasteiger partial charge in [0.15, 0.2) is 0 Å². The van der Waals surface area contributed by atoms with Gasteiger partial charge in [0, 0.05) is 10.0 Å². The van der Waals surface area contributed by atoms with Crippen molar-refractivity contribution in [1.29, 1.82) is 0 Å². The van der Waals surface area contributed by atoms with E-state index in [0.29, 0.717) is 16.5 Å². The van der Waals surface area contributed by atoms with Crippen LogP contribution >= 0.6 is 15.9 Å². The summed E-state index contributed by atoms with van der Waals surface area (Å²) < 4.78 is 14.1. The highest BCUT2D eigenvalue weighted by atomic mass is 79.9. The second kappa shape index (κ2) is 4.62. The predicted octanol–water partition coefficient (Wildman–Crippen LogP) is 3.81. The molecule has 1 aliphatic carbocycles. The fourth-order valence-corrected chi connectivity index (χ4v) is 2.38. The van der Waals surface area contributed by atoms with Crippen LogP contribution in [-0.4, -0.2) is 5.11 Å². The number of benzene rings is 1. The van der Waals surface area contributed by atoms with Gasteiger partial charge in [-0.2, -0.15) is 0 Å². The lowest BCUT2D eigenvalue weighted by Gasteiger charge is -2.13. The summed E-state index contributed by atoms with van der Waals surface area (Å²) in [5.74, 6) is 0.442. The quantitative estimate of drug-likeness (QED) is 0.884. The largest absolute Gasteiger partial charge is 0.388 e. The van der Waals surface area contributed by atoms with Crippen molar-refractivity contribution in [2.45, 2.75) is 31.8 Å². The van der Waals surface area contributed by atoms with Crippen molar-refractivity contribution in [3.05, 3.63) is 34.1 Å². The molecule has 15 heavy (non-hydrogen) atoms. The maximum absolute atomic E-state index is 13.5. The lowest BCUT2D eigenvalue weighted by Crippen LogP contribution is -2.02. The highest BCUT2D eigenvalue weighted by Crippen LogP contribution is 2.37. The number of rotatable bonds is 4. The van der Waals surface area contributed by atoms with Gasteiger partial charge in [0.2, 0.25) is 0 Å². The molecule has 0 amide bonds. The molecule has 0 spiro atoms. The van der Waals surface area contributed by atoms with Gasteiger partial charge in [-0.25, -0.2) is 4.39 Å². The molecule has 1 aromatic rings. The van der Waals surface area contributed by atoms with Crippen LogP contribution < -0.4 is 0 Å². The fourth-order valence-electron chi connectivity index (χ4n) is 1.77. The number of aliphatic hydroxyl groups is 1. The van der Waals surface area contributed by atoms with Gasteiger partial charge < -0.3 is 5.11 Å². The molecule has 0 saturated heterocycles. The summed E-state index contributed by atoms with van der Waals surface area (Å²) in [7, 11) is 0. The normalized spacial score (nSPS) is 17.8. The monoisotopic (exact) mass is 272 g/mol. The Balaban J connectivity index is 2.05. The Morgan fingerprint density at radius 3 is 2.80 bits per heavy atom. The molecule has 3 heteroatoms. The Morgan fingerprint density at radius 1 is 1.47 bits per heavy atom. The summed E-state index contributed by atoms with van der Waals surface area (Å²) >= 11 is 3.27. The van der Waals surface area contributed by atoms with Crippen LogP contribution in [0.3, 0.4) is 0 Å². The van der Waals surface area contributed by atoms with Gasteiger partial charge in [-0.05, 0) is 30.9 Å². The first-order valence-corrected chi connectivity index (χ1v) is 6.09. The first kappa shape index (κ1) is 11.1. The van der Waals surface area contributed by atoms with E-state index in [9.17, 15) is 9.50 Å². The van der Waals surface area contributed by atoms with Gasteiger partial charge in [-0.3, -0.25) is 0 Å². The van der Waals surface area contributed by atoms with E-state index in [4.69, 9.17) is 0 Å². The van der Waals surface area contributed by atoms with E-state index in [1.165, 1.54) is 18.9 Å². The van der Waals surface area contributed by atoms with Crippen molar-refractivity contribution in [3.63, 3.8) is 0 Å². The average Bonchev–Trinajstić information content (AvgIpc) is 2.97. The molecule has 82 valence electrons. The third-order valence-electron chi connectivity index (χ3n) is 2.88. The third-order valence-corrected chi connectivity index (χ3v) is 3.57. The number of hydrogen-bond acceptors (Lipinski definition) is 1. The van der Waals surface area contributed by atoms with Crippen molar-refractivity contribution in [1.82, 2.24) is 0 Å². The lowest BCUT2D eigenvalue weighted by molar-refractivity contribution is 0.157. The van der Waals surface area contributed by atoms with Gasteiger partial charge in [-0.15, -0.1) is 0 Å². The van der Waals surface area contributed by atoms with E-state index >= 15 is 0 Å². The zero-order chi connectivity index (χ0) is 10.8. The Hall–Kier alpha value is -0.410. The molecule has 0 aromatic heterocycles. The third kappa shape index (κ3) is 2.79. The molecular formula is C12H14BrFO. The van der Waals surface area contributed by atoms with E-state index in [2.05, 4.69) is 15.9 Å². The minimum atomic E-state index is -0.679. The first-order chi connectivity index (χ1) is 7.18.